The lowest BCUT2D eigenvalue weighted by molar-refractivity contribution is -0.0881. The highest BCUT2D eigenvalue weighted by Crippen LogP contribution is 2.22. The van der Waals surface area contributed by atoms with E-state index in [1.54, 1.807) is 0 Å². The summed E-state index contributed by atoms with van der Waals surface area (Å²) in [4.78, 5) is 16.6. The van der Waals surface area contributed by atoms with Crippen molar-refractivity contribution in [3.05, 3.63) is 36.2 Å². The molecule has 2 amide bonds. The highest BCUT2D eigenvalue weighted by molar-refractivity contribution is 5.74. The first kappa shape index (κ1) is 17.9. The second-order valence-electron chi connectivity index (χ2n) is 7.04. The number of aromatic nitrogens is 2. The lowest BCUT2D eigenvalue weighted by Gasteiger charge is -2.45. The van der Waals surface area contributed by atoms with Gasteiger partial charge in [-0.2, -0.15) is 0 Å². The Morgan fingerprint density at radius 2 is 2.11 bits per heavy atom. The summed E-state index contributed by atoms with van der Waals surface area (Å²) >= 11 is 0. The van der Waals surface area contributed by atoms with Crippen molar-refractivity contribution in [1.29, 1.82) is 0 Å². The van der Waals surface area contributed by atoms with Crippen LogP contribution in [-0.4, -0.2) is 78.0 Å². The van der Waals surface area contributed by atoms with E-state index >= 15 is 0 Å². The minimum absolute atomic E-state index is 0.0461. The molecule has 8 nitrogen and oxygen atoms in total. The fraction of sp³-hybridized carbons (Fsp3) is 0.526. The van der Waals surface area contributed by atoms with E-state index in [-0.39, 0.29) is 18.2 Å². The number of carbonyl (C=O) groups excluding carboxylic acids is 1. The van der Waals surface area contributed by atoms with E-state index < -0.39 is 0 Å². The highest BCUT2D eigenvalue weighted by atomic mass is 16.5. The molecule has 3 heterocycles. The quantitative estimate of drug-likeness (QED) is 0.875. The largest absolute Gasteiger partial charge is 0.421 e. The van der Waals surface area contributed by atoms with Gasteiger partial charge in [-0.15, -0.1) is 10.2 Å². The van der Waals surface area contributed by atoms with Gasteiger partial charge in [-0.05, 0) is 25.6 Å². The normalized spacial score (nSPS) is 23.1. The first-order chi connectivity index (χ1) is 13.2. The molecular weight excluding hydrogens is 346 g/mol. The minimum atomic E-state index is -0.0461. The molecule has 2 atom stereocenters. The highest BCUT2D eigenvalue weighted by Gasteiger charge is 2.36. The summed E-state index contributed by atoms with van der Waals surface area (Å²) in [6, 6.07) is 9.88. The molecule has 1 aromatic heterocycles. The average Bonchev–Trinajstić information content (AvgIpc) is 3.18. The Morgan fingerprint density at radius 1 is 1.26 bits per heavy atom. The van der Waals surface area contributed by atoms with Gasteiger partial charge in [-0.3, -0.25) is 4.90 Å². The monoisotopic (exact) mass is 371 g/mol. The zero-order chi connectivity index (χ0) is 18.6. The van der Waals surface area contributed by atoms with E-state index in [2.05, 4.69) is 27.5 Å². The molecule has 2 fully saturated rings. The third-order valence-corrected chi connectivity index (χ3v) is 5.25. The molecule has 2 saturated heterocycles. The van der Waals surface area contributed by atoms with Crippen molar-refractivity contribution in [1.82, 2.24) is 25.3 Å². The zero-order valence-electron chi connectivity index (χ0n) is 15.5. The van der Waals surface area contributed by atoms with Crippen molar-refractivity contribution in [2.24, 2.45) is 0 Å². The number of likely N-dealkylation sites (N-methyl/N-ethyl adjacent to an activating group) is 1. The number of amides is 2. The van der Waals surface area contributed by atoms with Gasteiger partial charge >= 0.3 is 6.03 Å². The van der Waals surface area contributed by atoms with E-state index in [0.717, 1.165) is 31.7 Å². The molecular formula is C19H25N5O3. The van der Waals surface area contributed by atoms with Crippen LogP contribution in [-0.2, 0) is 11.2 Å². The Morgan fingerprint density at radius 3 is 2.96 bits per heavy atom. The molecule has 0 aliphatic carbocycles. The Kier molecular flexibility index (Phi) is 5.35. The van der Waals surface area contributed by atoms with Gasteiger partial charge in [0.2, 0.25) is 11.8 Å². The Labute approximate surface area is 158 Å². The SMILES string of the molecule is CN1CCOC2CCN(C(=O)NCCc3nnc(-c4ccccc4)o3)CC21. The molecule has 8 heteroatoms. The molecule has 1 N–H and O–H groups in total. The number of ether oxygens (including phenoxy) is 1. The third-order valence-electron chi connectivity index (χ3n) is 5.25. The smallest absolute Gasteiger partial charge is 0.317 e. The van der Waals surface area contributed by atoms with Crippen molar-refractivity contribution in [2.45, 2.75) is 25.0 Å². The van der Waals surface area contributed by atoms with Crippen molar-refractivity contribution in [3.8, 4) is 11.5 Å². The van der Waals surface area contributed by atoms with Gasteiger partial charge < -0.3 is 19.4 Å². The zero-order valence-corrected chi connectivity index (χ0v) is 15.5. The maximum Gasteiger partial charge on any atom is 0.317 e. The molecule has 27 heavy (non-hydrogen) atoms. The average molecular weight is 371 g/mol. The first-order valence-corrected chi connectivity index (χ1v) is 9.43. The van der Waals surface area contributed by atoms with Crippen LogP contribution in [0.15, 0.2) is 34.7 Å². The maximum atomic E-state index is 12.5. The van der Waals surface area contributed by atoms with Gasteiger partial charge in [0, 0.05) is 38.2 Å². The number of nitrogens with zero attached hydrogens (tertiary/aromatic N) is 4. The number of likely N-dealkylation sites (tertiary alicyclic amines) is 1. The fourth-order valence-corrected chi connectivity index (χ4v) is 3.67. The second kappa shape index (κ2) is 8.06. The van der Waals surface area contributed by atoms with Crippen molar-refractivity contribution < 1.29 is 13.9 Å². The standard InChI is InChI=1S/C19H25N5O3/c1-23-11-12-26-16-8-10-24(13-15(16)23)19(25)20-9-7-17-21-22-18(27-17)14-5-3-2-4-6-14/h2-6,15-16H,7-13H2,1H3,(H,20,25). The van der Waals surface area contributed by atoms with Gasteiger partial charge in [-0.25, -0.2) is 4.79 Å². The molecule has 0 radical (unpaired) electrons. The number of morpholine rings is 1. The van der Waals surface area contributed by atoms with Crippen LogP contribution in [0, 0.1) is 0 Å². The maximum absolute atomic E-state index is 12.5. The summed E-state index contributed by atoms with van der Waals surface area (Å²) in [6.45, 7) is 3.58. The molecule has 4 rings (SSSR count). The van der Waals surface area contributed by atoms with Gasteiger partial charge in [0.15, 0.2) is 0 Å². The van der Waals surface area contributed by atoms with E-state index in [1.165, 1.54) is 0 Å². The lowest BCUT2D eigenvalue weighted by Crippen LogP contribution is -2.60. The minimum Gasteiger partial charge on any atom is -0.421 e. The molecule has 2 unspecified atom stereocenters. The molecule has 0 saturated carbocycles. The molecule has 144 valence electrons. The Balaban J connectivity index is 1.26. The summed E-state index contributed by atoms with van der Waals surface area (Å²) in [6.07, 6.45) is 1.63. The number of urea groups is 1. The number of piperidine rings is 1. The second-order valence-corrected chi connectivity index (χ2v) is 7.04. The van der Waals surface area contributed by atoms with Crippen molar-refractivity contribution in [3.63, 3.8) is 0 Å². The number of fused-ring (bicyclic) bond motifs is 1. The topological polar surface area (TPSA) is 83.7 Å². The summed E-state index contributed by atoms with van der Waals surface area (Å²) in [5, 5.41) is 11.1. The molecule has 0 bridgehead atoms. The van der Waals surface area contributed by atoms with Crippen LogP contribution in [0.2, 0.25) is 0 Å². The van der Waals surface area contributed by atoms with Crippen LogP contribution in [0.4, 0.5) is 4.79 Å². The molecule has 1 aromatic carbocycles. The van der Waals surface area contributed by atoms with E-state index in [0.29, 0.717) is 31.3 Å². The lowest BCUT2D eigenvalue weighted by atomic mass is 9.99. The van der Waals surface area contributed by atoms with Crippen molar-refractivity contribution in [2.75, 3.05) is 39.8 Å². The van der Waals surface area contributed by atoms with Crippen molar-refractivity contribution >= 4 is 6.03 Å². The summed E-state index contributed by atoms with van der Waals surface area (Å²) in [7, 11) is 2.10. The molecule has 2 aliphatic heterocycles. The van der Waals surface area contributed by atoms with Crippen LogP contribution < -0.4 is 5.32 Å². The van der Waals surface area contributed by atoms with Crippen LogP contribution in [0.5, 0.6) is 0 Å². The van der Waals surface area contributed by atoms with Crippen LogP contribution in [0.1, 0.15) is 12.3 Å². The van der Waals surface area contributed by atoms with Crippen LogP contribution in [0.25, 0.3) is 11.5 Å². The van der Waals surface area contributed by atoms with Crippen LogP contribution in [0.3, 0.4) is 0 Å². The summed E-state index contributed by atoms with van der Waals surface area (Å²) in [5.41, 5.74) is 0.891. The van der Waals surface area contributed by atoms with Gasteiger partial charge in [0.25, 0.3) is 0 Å². The number of hydrogen-bond donors (Lipinski definition) is 1. The number of benzene rings is 1. The fourth-order valence-electron chi connectivity index (χ4n) is 3.67. The molecule has 2 aliphatic rings. The first-order valence-electron chi connectivity index (χ1n) is 9.43. The van der Waals surface area contributed by atoms with E-state index in [4.69, 9.17) is 9.15 Å². The molecule has 0 spiro atoms. The molecule has 2 aromatic rings. The number of rotatable bonds is 4. The van der Waals surface area contributed by atoms with E-state index in [1.807, 2.05) is 35.2 Å². The number of nitrogens with one attached hydrogen (secondary N) is 1. The van der Waals surface area contributed by atoms with Gasteiger partial charge in [0.05, 0.1) is 18.8 Å². The van der Waals surface area contributed by atoms with Gasteiger partial charge in [0.1, 0.15) is 0 Å². The summed E-state index contributed by atoms with van der Waals surface area (Å²) in [5.74, 6) is 1.02. The number of hydrogen-bond acceptors (Lipinski definition) is 6. The third kappa shape index (κ3) is 4.12. The Hall–Kier alpha value is -2.45. The predicted molar refractivity (Wildman–Crippen MR) is 99.2 cm³/mol. The summed E-state index contributed by atoms with van der Waals surface area (Å²) < 4.78 is 11.5. The number of carbonyl (C=O) groups is 1. The van der Waals surface area contributed by atoms with E-state index in [9.17, 15) is 4.79 Å². The van der Waals surface area contributed by atoms with Crippen LogP contribution >= 0.6 is 0 Å². The van der Waals surface area contributed by atoms with Gasteiger partial charge in [-0.1, -0.05) is 18.2 Å². The predicted octanol–water partition coefficient (Wildman–Crippen LogP) is 1.39. The Bertz CT molecular complexity index is 766.